The number of aromatic nitrogens is 4. The van der Waals surface area contributed by atoms with Crippen molar-refractivity contribution in [2.45, 2.75) is 64.8 Å². The van der Waals surface area contributed by atoms with Gasteiger partial charge in [-0.3, -0.25) is 0 Å². The minimum Gasteiger partial charge on any atom is -0.494 e. The van der Waals surface area contributed by atoms with Crippen molar-refractivity contribution in [3.8, 4) is 5.75 Å². The number of H-pyrrole nitrogens is 1. The fourth-order valence-corrected chi connectivity index (χ4v) is 4.83. The summed E-state index contributed by atoms with van der Waals surface area (Å²) < 4.78 is 31.3. The Labute approximate surface area is 206 Å². The number of unbranched alkanes of at least 4 members (excludes halogenated alkanes) is 1. The summed E-state index contributed by atoms with van der Waals surface area (Å²) in [6.45, 7) is 4.58. The zero-order chi connectivity index (χ0) is 24.7. The van der Waals surface area contributed by atoms with Gasteiger partial charge in [-0.1, -0.05) is 19.3 Å². The minimum atomic E-state index is -3.13. The maximum Gasteiger partial charge on any atom is 0.231 e. The van der Waals surface area contributed by atoms with Gasteiger partial charge in [0.25, 0.3) is 0 Å². The molecule has 0 saturated heterocycles. The van der Waals surface area contributed by atoms with E-state index >= 15 is 0 Å². The van der Waals surface area contributed by atoms with E-state index in [0.717, 1.165) is 54.0 Å². The third kappa shape index (κ3) is 7.04. The van der Waals surface area contributed by atoms with Gasteiger partial charge in [0.2, 0.25) is 16.0 Å². The molecule has 4 rings (SSSR count). The molecule has 1 aliphatic carbocycles. The van der Waals surface area contributed by atoms with Crippen LogP contribution >= 0.6 is 0 Å². The predicted octanol–water partition coefficient (Wildman–Crippen LogP) is 4.25. The molecule has 0 bridgehead atoms. The third-order valence-electron chi connectivity index (χ3n) is 6.21. The van der Waals surface area contributed by atoms with Crippen LogP contribution in [0.15, 0.2) is 24.5 Å². The first-order valence-corrected chi connectivity index (χ1v) is 14.0. The van der Waals surface area contributed by atoms with Gasteiger partial charge < -0.3 is 20.4 Å². The normalized spacial score (nSPS) is 14.8. The number of rotatable bonds is 12. The van der Waals surface area contributed by atoms with E-state index in [1.807, 2.05) is 25.1 Å². The molecule has 190 valence electrons. The van der Waals surface area contributed by atoms with Crippen LogP contribution in [0.1, 0.15) is 57.4 Å². The second-order valence-electron chi connectivity index (χ2n) is 8.93. The highest BCUT2D eigenvalue weighted by molar-refractivity contribution is 7.89. The van der Waals surface area contributed by atoms with Crippen LogP contribution in [-0.2, 0) is 10.0 Å². The van der Waals surface area contributed by atoms with Gasteiger partial charge in [0.1, 0.15) is 11.3 Å². The number of nitrogens with one attached hydrogen (secondary N) is 4. The molecule has 1 fully saturated rings. The van der Waals surface area contributed by atoms with E-state index in [0.29, 0.717) is 30.8 Å². The van der Waals surface area contributed by atoms with Crippen molar-refractivity contribution in [3.05, 3.63) is 30.1 Å². The van der Waals surface area contributed by atoms with Crippen molar-refractivity contribution in [1.29, 1.82) is 0 Å². The molecule has 1 aliphatic rings. The predicted molar refractivity (Wildman–Crippen MR) is 139 cm³/mol. The summed E-state index contributed by atoms with van der Waals surface area (Å²) in [6.07, 6.45) is 9.20. The second-order valence-corrected chi connectivity index (χ2v) is 11.0. The average molecular weight is 502 g/mol. The molecule has 0 aliphatic heterocycles. The molecule has 11 heteroatoms. The van der Waals surface area contributed by atoms with Crippen molar-refractivity contribution >= 4 is 38.6 Å². The average Bonchev–Trinajstić information content (AvgIpc) is 3.33. The van der Waals surface area contributed by atoms with E-state index in [4.69, 9.17) is 9.72 Å². The summed E-state index contributed by atoms with van der Waals surface area (Å²) in [5.74, 6) is 2.13. The summed E-state index contributed by atoms with van der Waals surface area (Å²) in [6, 6.07) is 6.24. The first-order valence-electron chi connectivity index (χ1n) is 12.4. The van der Waals surface area contributed by atoms with Gasteiger partial charge in [-0.25, -0.2) is 18.1 Å². The zero-order valence-corrected chi connectivity index (χ0v) is 21.2. The number of fused-ring (bicyclic) bond motifs is 1. The molecule has 0 amide bonds. The zero-order valence-electron chi connectivity index (χ0n) is 20.4. The van der Waals surface area contributed by atoms with Gasteiger partial charge in [-0.15, -0.1) is 0 Å². The molecule has 0 spiro atoms. The Bertz CT molecular complexity index is 1220. The van der Waals surface area contributed by atoms with Gasteiger partial charge in [0.15, 0.2) is 11.5 Å². The summed E-state index contributed by atoms with van der Waals surface area (Å²) >= 11 is 0. The Hall–Kier alpha value is -2.92. The molecule has 0 radical (unpaired) electrons. The van der Waals surface area contributed by atoms with Crippen LogP contribution in [0.2, 0.25) is 0 Å². The van der Waals surface area contributed by atoms with E-state index in [2.05, 4.69) is 30.3 Å². The van der Waals surface area contributed by atoms with Crippen LogP contribution < -0.4 is 20.1 Å². The van der Waals surface area contributed by atoms with Gasteiger partial charge >= 0.3 is 0 Å². The van der Waals surface area contributed by atoms with Crippen molar-refractivity contribution in [2.75, 3.05) is 29.5 Å². The highest BCUT2D eigenvalue weighted by Crippen LogP contribution is 2.28. The summed E-state index contributed by atoms with van der Waals surface area (Å²) in [5.41, 5.74) is 3.35. The molecule has 10 nitrogen and oxygen atoms in total. The van der Waals surface area contributed by atoms with Crippen LogP contribution in [0.25, 0.3) is 11.2 Å². The summed E-state index contributed by atoms with van der Waals surface area (Å²) in [4.78, 5) is 16.8. The van der Waals surface area contributed by atoms with Crippen molar-refractivity contribution in [1.82, 2.24) is 24.7 Å². The molecule has 2 aromatic heterocycles. The standard InChI is InChI=1S/C24H35N7O3S/c1-3-35(32,33)27-13-7-8-14-34-19-11-12-20(17(2)15-19)29-24-30-22-21(25-16-26-22)23(31-24)28-18-9-5-4-6-10-18/h11-12,15-16,18,27H,3-10,13-14H2,1-2H3,(H3,25,26,28,29,30,31). The summed E-state index contributed by atoms with van der Waals surface area (Å²) in [5, 5.41) is 6.91. The molecule has 1 saturated carbocycles. The van der Waals surface area contributed by atoms with Crippen LogP contribution in [0.3, 0.4) is 0 Å². The van der Waals surface area contributed by atoms with Crippen LogP contribution in [-0.4, -0.2) is 53.3 Å². The number of ether oxygens (including phenoxy) is 1. The number of imidazole rings is 1. The lowest BCUT2D eigenvalue weighted by molar-refractivity contribution is 0.307. The van der Waals surface area contributed by atoms with Crippen LogP contribution in [0.4, 0.5) is 17.5 Å². The first-order chi connectivity index (χ1) is 16.9. The quantitative estimate of drug-likeness (QED) is 0.271. The number of anilines is 3. The molecule has 4 N–H and O–H groups in total. The van der Waals surface area contributed by atoms with Gasteiger partial charge in [0, 0.05) is 18.3 Å². The molecule has 0 atom stereocenters. The van der Waals surface area contributed by atoms with E-state index in [-0.39, 0.29) is 5.75 Å². The van der Waals surface area contributed by atoms with Gasteiger partial charge in [-0.2, -0.15) is 9.97 Å². The molecule has 3 aromatic rings. The molecular formula is C24H35N7O3S. The number of hydrogen-bond acceptors (Lipinski definition) is 8. The lowest BCUT2D eigenvalue weighted by atomic mass is 9.95. The van der Waals surface area contributed by atoms with Crippen molar-refractivity contribution in [3.63, 3.8) is 0 Å². The topological polar surface area (TPSA) is 134 Å². The maximum absolute atomic E-state index is 11.4. The summed E-state index contributed by atoms with van der Waals surface area (Å²) in [7, 11) is -3.13. The fraction of sp³-hybridized carbons (Fsp3) is 0.542. The number of hydrogen-bond donors (Lipinski definition) is 4. The lowest BCUT2D eigenvalue weighted by Gasteiger charge is -2.23. The van der Waals surface area contributed by atoms with E-state index in [1.54, 1.807) is 13.3 Å². The van der Waals surface area contributed by atoms with E-state index in [1.165, 1.54) is 19.3 Å². The largest absolute Gasteiger partial charge is 0.494 e. The number of aryl methyl sites for hydroxylation is 1. The maximum atomic E-state index is 11.4. The lowest BCUT2D eigenvalue weighted by Crippen LogP contribution is -2.26. The Morgan fingerprint density at radius 3 is 2.74 bits per heavy atom. The molecule has 1 aromatic carbocycles. The second kappa shape index (κ2) is 11.7. The first kappa shape index (κ1) is 25.2. The number of benzene rings is 1. The van der Waals surface area contributed by atoms with Gasteiger partial charge in [0.05, 0.1) is 18.7 Å². The Morgan fingerprint density at radius 1 is 1.14 bits per heavy atom. The Kier molecular flexibility index (Phi) is 8.40. The highest BCUT2D eigenvalue weighted by Gasteiger charge is 2.17. The van der Waals surface area contributed by atoms with Crippen LogP contribution in [0, 0.1) is 6.92 Å². The third-order valence-corrected chi connectivity index (χ3v) is 7.62. The number of nitrogens with zero attached hydrogens (tertiary/aromatic N) is 3. The van der Waals surface area contributed by atoms with Crippen molar-refractivity contribution in [2.24, 2.45) is 0 Å². The Balaban J connectivity index is 1.34. The molecule has 0 unspecified atom stereocenters. The smallest absolute Gasteiger partial charge is 0.231 e. The molecular weight excluding hydrogens is 466 g/mol. The minimum absolute atomic E-state index is 0.0995. The monoisotopic (exact) mass is 501 g/mol. The molecule has 35 heavy (non-hydrogen) atoms. The Morgan fingerprint density at radius 2 is 1.97 bits per heavy atom. The number of sulfonamides is 1. The highest BCUT2D eigenvalue weighted by atomic mass is 32.2. The fourth-order valence-electron chi connectivity index (χ4n) is 4.17. The van der Waals surface area contributed by atoms with Crippen molar-refractivity contribution < 1.29 is 13.2 Å². The van der Waals surface area contributed by atoms with E-state index in [9.17, 15) is 8.42 Å². The van der Waals surface area contributed by atoms with Gasteiger partial charge in [-0.05, 0) is 63.3 Å². The number of aromatic amines is 1. The van der Waals surface area contributed by atoms with E-state index < -0.39 is 10.0 Å². The SMILES string of the molecule is CCS(=O)(=O)NCCCCOc1ccc(Nc2nc(NC3CCCCC3)c3nc[nH]c3n2)c(C)c1. The van der Waals surface area contributed by atoms with Crippen LogP contribution in [0.5, 0.6) is 5.75 Å². The molecule has 2 heterocycles.